The van der Waals surface area contributed by atoms with Gasteiger partial charge in [0.25, 0.3) is 0 Å². The lowest BCUT2D eigenvalue weighted by Gasteiger charge is -2.27. The second-order valence-corrected chi connectivity index (χ2v) is 6.43. The van der Waals surface area contributed by atoms with Crippen molar-refractivity contribution in [2.75, 3.05) is 13.7 Å². The number of ether oxygens (including phenoxy) is 1. The maximum absolute atomic E-state index is 12.4. The number of methoxy groups -OCH3 is 1. The fourth-order valence-electron chi connectivity index (χ4n) is 3.56. The second-order valence-electron chi connectivity index (χ2n) is 6.43. The highest BCUT2D eigenvalue weighted by Gasteiger charge is 2.32. The fraction of sp³-hybridized carbons (Fsp3) is 0.632. The number of allylic oxidation sites excluding steroid dienone is 6. The first kappa shape index (κ1) is 17.0. The van der Waals surface area contributed by atoms with Crippen molar-refractivity contribution in [2.24, 2.45) is 17.8 Å². The summed E-state index contributed by atoms with van der Waals surface area (Å²) in [6, 6.07) is 0. The first-order chi connectivity index (χ1) is 10.7. The van der Waals surface area contributed by atoms with Gasteiger partial charge in [0, 0.05) is 13.7 Å². The van der Waals surface area contributed by atoms with Crippen LogP contribution in [0.5, 0.6) is 0 Å². The molecular formula is C19H29NO2. The van der Waals surface area contributed by atoms with Crippen LogP contribution in [0.25, 0.3) is 0 Å². The van der Waals surface area contributed by atoms with Gasteiger partial charge in [0.2, 0.25) is 5.91 Å². The molecule has 0 aromatic rings. The van der Waals surface area contributed by atoms with Gasteiger partial charge in [-0.2, -0.15) is 0 Å². The van der Waals surface area contributed by atoms with Crippen LogP contribution in [0.2, 0.25) is 0 Å². The van der Waals surface area contributed by atoms with E-state index in [1.54, 1.807) is 7.11 Å². The fourth-order valence-corrected chi connectivity index (χ4v) is 3.56. The van der Waals surface area contributed by atoms with Crippen LogP contribution < -0.4 is 5.32 Å². The minimum atomic E-state index is -0.0741. The summed E-state index contributed by atoms with van der Waals surface area (Å²) in [5.74, 6) is 0.997. The first-order valence-electron chi connectivity index (χ1n) is 8.54. The molecule has 0 aromatic heterocycles. The maximum Gasteiger partial charge on any atom is 0.225 e. The molecule has 0 saturated heterocycles. The van der Waals surface area contributed by atoms with E-state index in [0.717, 1.165) is 6.42 Å². The van der Waals surface area contributed by atoms with Crippen molar-refractivity contribution in [3.05, 3.63) is 36.5 Å². The van der Waals surface area contributed by atoms with Crippen molar-refractivity contribution in [1.82, 2.24) is 5.32 Å². The molecule has 0 radical (unpaired) electrons. The summed E-state index contributed by atoms with van der Waals surface area (Å²) in [7, 11) is 1.74. The van der Waals surface area contributed by atoms with Gasteiger partial charge in [-0.15, -0.1) is 0 Å². The molecule has 0 bridgehead atoms. The van der Waals surface area contributed by atoms with E-state index in [9.17, 15) is 4.79 Å². The standard InChI is InChI=1S/C19H29NO2/c1-15(18(22-2)17-11-7-8-12-17)19(21)20-14-13-16-9-5-3-4-6-10-16/h3-6,9-10,15-18H,7-8,11-14H2,1-2H3,(H,20,21)/t15-,18-/m1/s1. The Labute approximate surface area is 134 Å². The lowest BCUT2D eigenvalue weighted by atomic mass is 9.90. The normalized spacial score (nSPS) is 21.7. The van der Waals surface area contributed by atoms with Crippen molar-refractivity contribution in [2.45, 2.75) is 45.1 Å². The van der Waals surface area contributed by atoms with Gasteiger partial charge in [0.05, 0.1) is 12.0 Å². The Hall–Kier alpha value is -1.35. The molecule has 3 nitrogen and oxygen atoms in total. The van der Waals surface area contributed by atoms with E-state index in [0.29, 0.717) is 18.4 Å². The molecule has 2 atom stereocenters. The molecule has 22 heavy (non-hydrogen) atoms. The number of rotatable bonds is 7. The van der Waals surface area contributed by atoms with Crippen molar-refractivity contribution < 1.29 is 9.53 Å². The zero-order chi connectivity index (χ0) is 15.8. The number of hydrogen-bond donors (Lipinski definition) is 1. The summed E-state index contributed by atoms with van der Waals surface area (Å²) in [6.45, 7) is 2.71. The quantitative estimate of drug-likeness (QED) is 0.780. The second kappa shape index (κ2) is 8.94. The number of amides is 1. The molecule has 1 amide bonds. The Morgan fingerprint density at radius 1 is 1.18 bits per heavy atom. The van der Waals surface area contributed by atoms with Gasteiger partial charge in [0.15, 0.2) is 0 Å². The summed E-state index contributed by atoms with van der Waals surface area (Å²) in [4.78, 5) is 12.4. The number of nitrogens with one attached hydrogen (secondary N) is 1. The predicted octanol–water partition coefficient (Wildman–Crippen LogP) is 3.63. The molecule has 2 aliphatic rings. The molecule has 0 aromatic carbocycles. The summed E-state index contributed by atoms with van der Waals surface area (Å²) in [5.41, 5.74) is 0. The minimum Gasteiger partial charge on any atom is -0.380 e. The van der Waals surface area contributed by atoms with Crippen molar-refractivity contribution in [3.63, 3.8) is 0 Å². The van der Waals surface area contributed by atoms with E-state index in [1.807, 2.05) is 19.1 Å². The van der Waals surface area contributed by atoms with Crippen LogP contribution >= 0.6 is 0 Å². The Bertz CT molecular complexity index is 417. The van der Waals surface area contributed by atoms with Crippen LogP contribution in [0.1, 0.15) is 39.0 Å². The molecule has 2 aliphatic carbocycles. The van der Waals surface area contributed by atoms with Gasteiger partial charge < -0.3 is 10.1 Å². The van der Waals surface area contributed by atoms with E-state index < -0.39 is 0 Å². The summed E-state index contributed by atoms with van der Waals surface area (Å²) in [5, 5.41) is 3.08. The van der Waals surface area contributed by atoms with Crippen LogP contribution in [0, 0.1) is 17.8 Å². The first-order valence-corrected chi connectivity index (χ1v) is 8.54. The van der Waals surface area contributed by atoms with Gasteiger partial charge in [-0.25, -0.2) is 0 Å². The Balaban J connectivity index is 1.75. The number of hydrogen-bond acceptors (Lipinski definition) is 2. The Kier molecular flexibility index (Phi) is 6.91. The van der Waals surface area contributed by atoms with Crippen LogP contribution in [0.4, 0.5) is 0 Å². The molecule has 1 saturated carbocycles. The van der Waals surface area contributed by atoms with E-state index >= 15 is 0 Å². The van der Waals surface area contributed by atoms with Crippen molar-refractivity contribution in [1.29, 1.82) is 0 Å². The summed E-state index contributed by atoms with van der Waals surface area (Å²) < 4.78 is 5.64. The molecule has 122 valence electrons. The highest BCUT2D eigenvalue weighted by molar-refractivity contribution is 5.78. The lowest BCUT2D eigenvalue weighted by molar-refractivity contribution is -0.130. The smallest absolute Gasteiger partial charge is 0.225 e. The van der Waals surface area contributed by atoms with E-state index in [4.69, 9.17) is 4.74 Å². The number of carbonyl (C=O) groups excluding carboxylic acids is 1. The summed E-state index contributed by atoms with van der Waals surface area (Å²) in [6.07, 6.45) is 18.5. The molecule has 0 unspecified atom stereocenters. The highest BCUT2D eigenvalue weighted by atomic mass is 16.5. The molecule has 3 heteroatoms. The van der Waals surface area contributed by atoms with Crippen LogP contribution in [0.3, 0.4) is 0 Å². The van der Waals surface area contributed by atoms with Crippen LogP contribution in [-0.4, -0.2) is 25.7 Å². The predicted molar refractivity (Wildman–Crippen MR) is 90.5 cm³/mol. The molecule has 0 spiro atoms. The molecular weight excluding hydrogens is 274 g/mol. The van der Waals surface area contributed by atoms with Gasteiger partial charge in [0.1, 0.15) is 0 Å². The topological polar surface area (TPSA) is 38.3 Å². The third-order valence-corrected chi connectivity index (χ3v) is 4.87. The van der Waals surface area contributed by atoms with Gasteiger partial charge in [-0.3, -0.25) is 4.79 Å². The average molecular weight is 303 g/mol. The summed E-state index contributed by atoms with van der Waals surface area (Å²) >= 11 is 0. The van der Waals surface area contributed by atoms with E-state index in [2.05, 4.69) is 29.6 Å². The Morgan fingerprint density at radius 3 is 2.41 bits per heavy atom. The van der Waals surface area contributed by atoms with Crippen molar-refractivity contribution >= 4 is 5.91 Å². The molecule has 0 heterocycles. The van der Waals surface area contributed by atoms with Gasteiger partial charge in [-0.05, 0) is 31.1 Å². The van der Waals surface area contributed by atoms with Crippen LogP contribution in [0.15, 0.2) is 36.5 Å². The van der Waals surface area contributed by atoms with E-state index in [-0.39, 0.29) is 17.9 Å². The van der Waals surface area contributed by atoms with E-state index in [1.165, 1.54) is 25.7 Å². The third-order valence-electron chi connectivity index (χ3n) is 4.87. The third kappa shape index (κ3) is 4.84. The average Bonchev–Trinajstić information content (AvgIpc) is 2.92. The lowest BCUT2D eigenvalue weighted by Crippen LogP contribution is -2.40. The van der Waals surface area contributed by atoms with Crippen molar-refractivity contribution in [3.8, 4) is 0 Å². The maximum atomic E-state index is 12.4. The zero-order valence-electron chi connectivity index (χ0n) is 13.8. The van der Waals surface area contributed by atoms with Crippen LogP contribution in [-0.2, 0) is 9.53 Å². The molecule has 2 rings (SSSR count). The zero-order valence-corrected chi connectivity index (χ0v) is 13.8. The largest absolute Gasteiger partial charge is 0.380 e. The Morgan fingerprint density at radius 2 is 1.82 bits per heavy atom. The molecule has 1 fully saturated rings. The van der Waals surface area contributed by atoms with Gasteiger partial charge >= 0.3 is 0 Å². The monoisotopic (exact) mass is 303 g/mol. The minimum absolute atomic E-state index is 0.0596. The van der Waals surface area contributed by atoms with Gasteiger partial charge in [-0.1, -0.05) is 56.2 Å². The number of carbonyl (C=O) groups is 1. The SMILES string of the molecule is CO[C@@H](C1CCCC1)[C@@H](C)C(=O)NCCC1C=CC=CC=C1. The highest BCUT2D eigenvalue weighted by Crippen LogP contribution is 2.32. The molecule has 0 aliphatic heterocycles. The molecule has 1 N–H and O–H groups in total.